The van der Waals surface area contributed by atoms with Gasteiger partial charge in [0.2, 0.25) is 0 Å². The van der Waals surface area contributed by atoms with Crippen molar-refractivity contribution < 1.29 is 36.2 Å². The zero-order chi connectivity index (χ0) is 23.3. The van der Waals surface area contributed by atoms with Crippen molar-refractivity contribution in [3.8, 4) is 5.75 Å². The van der Waals surface area contributed by atoms with Gasteiger partial charge in [0.1, 0.15) is 17.1 Å². The summed E-state index contributed by atoms with van der Waals surface area (Å²) in [5.74, 6) is -0.981. The highest BCUT2D eigenvalue weighted by molar-refractivity contribution is 7.98. The molecule has 2 rings (SSSR count). The molecule has 0 N–H and O–H groups in total. The molecule has 0 aliphatic carbocycles. The summed E-state index contributed by atoms with van der Waals surface area (Å²) >= 11 is 1.07. The van der Waals surface area contributed by atoms with Crippen LogP contribution in [0.15, 0.2) is 29.2 Å². The number of pyridine rings is 1. The number of methoxy groups -OCH3 is 2. The number of hydrogen-bond donors (Lipinski definition) is 0. The van der Waals surface area contributed by atoms with Gasteiger partial charge in [-0.3, -0.25) is 0 Å². The number of esters is 1. The molecular formula is C21H22F5NO3S. The van der Waals surface area contributed by atoms with Crippen molar-refractivity contribution in [1.82, 2.24) is 4.98 Å². The van der Waals surface area contributed by atoms with Gasteiger partial charge in [-0.2, -0.15) is 13.2 Å². The van der Waals surface area contributed by atoms with E-state index in [1.54, 1.807) is 38.1 Å². The predicted octanol–water partition coefficient (Wildman–Crippen LogP) is 6.32. The van der Waals surface area contributed by atoms with Gasteiger partial charge in [0, 0.05) is 10.6 Å². The van der Waals surface area contributed by atoms with Crippen LogP contribution in [-0.4, -0.2) is 25.2 Å². The van der Waals surface area contributed by atoms with E-state index in [1.165, 1.54) is 7.11 Å². The molecule has 0 aliphatic heterocycles. The van der Waals surface area contributed by atoms with Gasteiger partial charge in [-0.25, -0.2) is 18.6 Å². The van der Waals surface area contributed by atoms with Gasteiger partial charge < -0.3 is 9.47 Å². The van der Waals surface area contributed by atoms with Crippen molar-refractivity contribution in [3.63, 3.8) is 0 Å². The molecule has 2 aromatic rings. The first-order valence-corrected chi connectivity index (χ1v) is 10.2. The SMILES string of the molecule is COC(=O)c1c(C(F)F)nc(C(F)(F)F)c(CSc2ccc(OC)cc2)c1CC(C)C. The van der Waals surface area contributed by atoms with Crippen LogP contribution in [0.2, 0.25) is 0 Å². The topological polar surface area (TPSA) is 48.4 Å². The molecule has 0 bridgehead atoms. The molecule has 0 amide bonds. The van der Waals surface area contributed by atoms with E-state index in [2.05, 4.69) is 9.72 Å². The summed E-state index contributed by atoms with van der Waals surface area (Å²) in [7, 11) is 2.47. The molecule has 0 spiro atoms. The molecule has 10 heteroatoms. The van der Waals surface area contributed by atoms with Gasteiger partial charge in [-0.1, -0.05) is 13.8 Å². The minimum absolute atomic E-state index is 0.0196. The van der Waals surface area contributed by atoms with Crippen LogP contribution in [0.4, 0.5) is 22.0 Å². The number of alkyl halides is 5. The lowest BCUT2D eigenvalue weighted by molar-refractivity contribution is -0.142. The molecular weight excluding hydrogens is 441 g/mol. The maximum Gasteiger partial charge on any atom is 0.433 e. The highest BCUT2D eigenvalue weighted by Gasteiger charge is 2.40. The molecule has 0 radical (unpaired) electrons. The smallest absolute Gasteiger partial charge is 0.433 e. The molecule has 0 unspecified atom stereocenters. The van der Waals surface area contributed by atoms with Crippen LogP contribution >= 0.6 is 11.8 Å². The Hall–Kier alpha value is -2.36. The van der Waals surface area contributed by atoms with Crippen LogP contribution in [0.25, 0.3) is 0 Å². The molecule has 1 aromatic carbocycles. The van der Waals surface area contributed by atoms with Gasteiger partial charge >= 0.3 is 12.1 Å². The summed E-state index contributed by atoms with van der Waals surface area (Å²) in [6.45, 7) is 3.44. The number of benzene rings is 1. The minimum Gasteiger partial charge on any atom is -0.497 e. The molecule has 31 heavy (non-hydrogen) atoms. The Balaban J connectivity index is 2.69. The molecule has 4 nitrogen and oxygen atoms in total. The van der Waals surface area contributed by atoms with Gasteiger partial charge in [-0.05, 0) is 47.7 Å². The van der Waals surface area contributed by atoms with E-state index in [0.717, 1.165) is 18.9 Å². The van der Waals surface area contributed by atoms with Crippen LogP contribution in [0.3, 0.4) is 0 Å². The van der Waals surface area contributed by atoms with Crippen LogP contribution < -0.4 is 4.74 Å². The van der Waals surface area contributed by atoms with Gasteiger partial charge in [0.15, 0.2) is 0 Å². The van der Waals surface area contributed by atoms with E-state index in [4.69, 9.17) is 4.74 Å². The predicted molar refractivity (Wildman–Crippen MR) is 107 cm³/mol. The first kappa shape index (κ1) is 24.9. The standard InChI is InChI=1S/C21H22F5NO3S/c1-11(2)9-14-15(10-31-13-7-5-12(29-3)6-8-13)18(21(24,25)26)27-17(19(22)23)16(14)20(28)30-4/h5-8,11,19H,9-10H2,1-4H3. The van der Waals surface area contributed by atoms with Crippen LogP contribution in [0.1, 0.15) is 53.1 Å². The number of halogens is 5. The van der Waals surface area contributed by atoms with Crippen molar-refractivity contribution in [1.29, 1.82) is 0 Å². The van der Waals surface area contributed by atoms with E-state index < -0.39 is 35.5 Å². The molecule has 0 fully saturated rings. The lowest BCUT2D eigenvalue weighted by Gasteiger charge is -2.22. The Morgan fingerprint density at radius 2 is 1.71 bits per heavy atom. The second-order valence-electron chi connectivity index (χ2n) is 7.03. The number of nitrogens with zero attached hydrogens (tertiary/aromatic N) is 1. The van der Waals surface area contributed by atoms with E-state index >= 15 is 0 Å². The maximum atomic E-state index is 13.8. The quantitative estimate of drug-likeness (QED) is 0.260. The molecule has 0 atom stereocenters. The van der Waals surface area contributed by atoms with Crippen molar-refractivity contribution in [2.45, 2.75) is 43.5 Å². The normalized spacial score (nSPS) is 11.8. The van der Waals surface area contributed by atoms with Crippen molar-refractivity contribution in [3.05, 3.63) is 52.3 Å². The average Bonchev–Trinajstić information content (AvgIpc) is 2.70. The summed E-state index contributed by atoms with van der Waals surface area (Å²) in [6.07, 6.45) is -8.36. The fourth-order valence-corrected chi connectivity index (χ4v) is 3.98. The van der Waals surface area contributed by atoms with E-state index in [0.29, 0.717) is 10.6 Å². The van der Waals surface area contributed by atoms with Crippen LogP contribution in [0.5, 0.6) is 5.75 Å². The fourth-order valence-electron chi connectivity index (χ4n) is 3.03. The lowest BCUT2D eigenvalue weighted by atomic mass is 9.91. The Morgan fingerprint density at radius 1 is 1.10 bits per heavy atom. The molecule has 1 aromatic heterocycles. The fraction of sp³-hybridized carbons (Fsp3) is 0.429. The molecule has 170 valence electrons. The van der Waals surface area contributed by atoms with Gasteiger partial charge in [0.05, 0.1) is 19.8 Å². The molecule has 0 saturated heterocycles. The Labute approximate surface area is 181 Å². The van der Waals surface area contributed by atoms with Gasteiger partial charge in [-0.15, -0.1) is 11.8 Å². The summed E-state index contributed by atoms with van der Waals surface area (Å²) in [5.41, 5.74) is -3.63. The van der Waals surface area contributed by atoms with Gasteiger partial charge in [0.25, 0.3) is 6.43 Å². The van der Waals surface area contributed by atoms with Crippen molar-refractivity contribution in [2.24, 2.45) is 5.92 Å². The lowest BCUT2D eigenvalue weighted by Crippen LogP contribution is -2.22. The maximum absolute atomic E-state index is 13.8. The van der Waals surface area contributed by atoms with Crippen molar-refractivity contribution >= 4 is 17.7 Å². The monoisotopic (exact) mass is 463 g/mol. The number of carbonyl (C=O) groups excluding carboxylic acids is 1. The molecule has 1 heterocycles. The Bertz CT molecular complexity index is 915. The third kappa shape index (κ3) is 6.09. The largest absolute Gasteiger partial charge is 0.497 e. The number of aromatic nitrogens is 1. The first-order chi connectivity index (χ1) is 14.5. The number of ether oxygens (including phenoxy) is 2. The minimum atomic E-state index is -4.97. The summed E-state index contributed by atoms with van der Waals surface area (Å²) in [6, 6.07) is 6.64. The summed E-state index contributed by atoms with van der Waals surface area (Å²) < 4.78 is 78.3. The van der Waals surface area contributed by atoms with Crippen LogP contribution in [0, 0.1) is 5.92 Å². The second kappa shape index (κ2) is 10.3. The summed E-state index contributed by atoms with van der Waals surface area (Å²) in [4.78, 5) is 16.2. The highest BCUT2D eigenvalue weighted by atomic mass is 32.2. The molecule has 0 aliphatic rings. The van der Waals surface area contributed by atoms with Crippen molar-refractivity contribution in [2.75, 3.05) is 14.2 Å². The first-order valence-electron chi connectivity index (χ1n) is 9.25. The second-order valence-corrected chi connectivity index (χ2v) is 8.08. The average molecular weight is 463 g/mol. The highest BCUT2D eigenvalue weighted by Crippen LogP contribution is 2.40. The zero-order valence-corrected chi connectivity index (χ0v) is 18.2. The number of thioether (sulfide) groups is 1. The van der Waals surface area contributed by atoms with E-state index in [-0.39, 0.29) is 29.2 Å². The number of rotatable bonds is 8. The third-order valence-corrected chi connectivity index (χ3v) is 5.40. The number of carbonyl (C=O) groups is 1. The van der Waals surface area contributed by atoms with E-state index in [9.17, 15) is 26.7 Å². The summed E-state index contributed by atoms with van der Waals surface area (Å²) in [5, 5.41) is 0. The van der Waals surface area contributed by atoms with Crippen LogP contribution in [-0.2, 0) is 23.1 Å². The zero-order valence-electron chi connectivity index (χ0n) is 17.3. The Morgan fingerprint density at radius 3 is 2.16 bits per heavy atom. The molecule has 0 saturated carbocycles. The third-order valence-electron chi connectivity index (χ3n) is 4.36. The number of hydrogen-bond acceptors (Lipinski definition) is 5. The van der Waals surface area contributed by atoms with E-state index in [1.807, 2.05) is 0 Å². The Kier molecular flexibility index (Phi) is 8.27.